The number of alkyl carbamates (subject to hydrolysis) is 1. The molecular weight excluding hydrogens is 473 g/mol. The Morgan fingerprint density at radius 1 is 1.19 bits per heavy atom. The third-order valence-corrected chi connectivity index (χ3v) is 7.27. The number of rotatable bonds is 7. The van der Waals surface area contributed by atoms with Crippen molar-refractivity contribution in [2.75, 3.05) is 25.0 Å². The summed E-state index contributed by atoms with van der Waals surface area (Å²) in [6, 6.07) is -0.665. The van der Waals surface area contributed by atoms with Gasteiger partial charge in [0.05, 0.1) is 11.2 Å². The van der Waals surface area contributed by atoms with Crippen LogP contribution in [-0.2, 0) is 18.8 Å². The number of anilines is 1. The number of carbonyl (C=O) groups is 2. The van der Waals surface area contributed by atoms with Crippen LogP contribution in [0.25, 0.3) is 0 Å². The number of nitrogens with one attached hydrogen (secondary N) is 1. The van der Waals surface area contributed by atoms with E-state index in [2.05, 4.69) is 15.3 Å². The SMILES string of the molecule is CC(C)C(NC(=O)OC(C)(C)C)C(=O)N1CCCC1CN(C)c1ncc(B2OC(C)(C)C(C)(C)O2)cn1. The molecule has 2 atom stereocenters. The number of nitrogens with zero attached hydrogens (tertiary/aromatic N) is 4. The van der Waals surface area contributed by atoms with Crippen molar-refractivity contribution in [3.63, 3.8) is 0 Å². The van der Waals surface area contributed by atoms with Gasteiger partial charge in [0, 0.05) is 44.0 Å². The molecule has 0 bridgehead atoms. The van der Waals surface area contributed by atoms with Crippen molar-refractivity contribution in [2.24, 2.45) is 5.92 Å². The van der Waals surface area contributed by atoms with Gasteiger partial charge in [-0.25, -0.2) is 14.8 Å². The van der Waals surface area contributed by atoms with E-state index in [9.17, 15) is 9.59 Å². The molecular formula is C26H44BN5O5. The summed E-state index contributed by atoms with van der Waals surface area (Å²) in [7, 11) is 1.40. The van der Waals surface area contributed by atoms with Gasteiger partial charge in [-0.15, -0.1) is 0 Å². The smallest absolute Gasteiger partial charge is 0.444 e. The van der Waals surface area contributed by atoms with E-state index >= 15 is 0 Å². The van der Waals surface area contributed by atoms with E-state index in [4.69, 9.17) is 14.0 Å². The fourth-order valence-electron chi connectivity index (χ4n) is 4.47. The molecule has 0 spiro atoms. The molecule has 3 heterocycles. The molecule has 0 saturated carbocycles. The summed E-state index contributed by atoms with van der Waals surface area (Å²) < 4.78 is 17.6. The number of likely N-dealkylation sites (N-methyl/N-ethyl adjacent to an activating group) is 1. The maximum atomic E-state index is 13.5. The van der Waals surface area contributed by atoms with Crippen LogP contribution in [0.3, 0.4) is 0 Å². The lowest BCUT2D eigenvalue weighted by Crippen LogP contribution is -2.54. The van der Waals surface area contributed by atoms with E-state index < -0.39 is 36.1 Å². The molecule has 2 aliphatic rings. The maximum absolute atomic E-state index is 13.5. The van der Waals surface area contributed by atoms with E-state index in [0.717, 1.165) is 18.3 Å². The molecule has 2 amide bonds. The summed E-state index contributed by atoms with van der Waals surface area (Å²) in [6.45, 7) is 18.5. The average molecular weight is 517 g/mol. The van der Waals surface area contributed by atoms with Crippen molar-refractivity contribution in [2.45, 2.75) is 104 Å². The number of likely N-dealkylation sites (tertiary alicyclic amines) is 1. The number of carbonyl (C=O) groups excluding carboxylic acids is 2. The second-order valence-corrected chi connectivity index (χ2v) is 12.5. The number of aromatic nitrogens is 2. The molecule has 206 valence electrons. The van der Waals surface area contributed by atoms with Crippen LogP contribution >= 0.6 is 0 Å². The highest BCUT2D eigenvalue weighted by Gasteiger charge is 2.52. The van der Waals surface area contributed by atoms with E-state index in [0.29, 0.717) is 19.0 Å². The van der Waals surface area contributed by atoms with Crippen molar-refractivity contribution < 1.29 is 23.6 Å². The average Bonchev–Trinajstić information content (AvgIpc) is 3.31. The Morgan fingerprint density at radius 3 is 2.27 bits per heavy atom. The van der Waals surface area contributed by atoms with Crippen LogP contribution in [0.1, 0.15) is 75.2 Å². The van der Waals surface area contributed by atoms with E-state index in [1.165, 1.54) is 0 Å². The summed E-state index contributed by atoms with van der Waals surface area (Å²) in [4.78, 5) is 38.8. The second kappa shape index (κ2) is 10.8. The first-order chi connectivity index (χ1) is 17.0. The quantitative estimate of drug-likeness (QED) is 0.551. The Balaban J connectivity index is 1.64. The zero-order chi connectivity index (χ0) is 27.8. The minimum absolute atomic E-state index is 0.00874. The van der Waals surface area contributed by atoms with Crippen LogP contribution in [0.15, 0.2) is 12.4 Å². The normalized spacial score (nSPS) is 21.8. The van der Waals surface area contributed by atoms with Gasteiger partial charge >= 0.3 is 13.2 Å². The van der Waals surface area contributed by atoms with Gasteiger partial charge in [-0.1, -0.05) is 13.8 Å². The number of hydrogen-bond acceptors (Lipinski definition) is 8. The fourth-order valence-corrected chi connectivity index (χ4v) is 4.47. The zero-order valence-electron chi connectivity index (χ0n) is 24.1. The molecule has 0 aromatic carbocycles. The predicted molar refractivity (Wildman–Crippen MR) is 144 cm³/mol. The Hall–Kier alpha value is -2.40. The molecule has 2 unspecified atom stereocenters. The van der Waals surface area contributed by atoms with Crippen LogP contribution in [0, 0.1) is 5.92 Å². The van der Waals surface area contributed by atoms with Crippen molar-refractivity contribution >= 4 is 30.5 Å². The van der Waals surface area contributed by atoms with Crippen LogP contribution in [0.4, 0.5) is 10.7 Å². The first kappa shape index (κ1) is 29.2. The third-order valence-electron chi connectivity index (χ3n) is 7.27. The van der Waals surface area contributed by atoms with Crippen molar-refractivity contribution in [3.8, 4) is 0 Å². The molecule has 1 aromatic rings. The first-order valence-electron chi connectivity index (χ1n) is 13.2. The zero-order valence-corrected chi connectivity index (χ0v) is 24.1. The lowest BCUT2D eigenvalue weighted by atomic mass is 9.81. The highest BCUT2D eigenvalue weighted by atomic mass is 16.7. The lowest BCUT2D eigenvalue weighted by Gasteiger charge is -2.33. The van der Waals surface area contributed by atoms with Crippen molar-refractivity contribution in [1.29, 1.82) is 0 Å². The summed E-state index contributed by atoms with van der Waals surface area (Å²) in [5, 5.41) is 2.79. The van der Waals surface area contributed by atoms with Gasteiger partial charge in [-0.05, 0) is 67.2 Å². The first-order valence-corrected chi connectivity index (χ1v) is 13.2. The van der Waals surface area contributed by atoms with Gasteiger partial charge < -0.3 is 29.2 Å². The van der Waals surface area contributed by atoms with Gasteiger partial charge in [0.1, 0.15) is 11.6 Å². The van der Waals surface area contributed by atoms with Gasteiger partial charge in [0.25, 0.3) is 0 Å². The van der Waals surface area contributed by atoms with Crippen LogP contribution in [0.5, 0.6) is 0 Å². The van der Waals surface area contributed by atoms with Gasteiger partial charge in [0.2, 0.25) is 11.9 Å². The fraction of sp³-hybridized carbons (Fsp3) is 0.769. The molecule has 10 nitrogen and oxygen atoms in total. The Morgan fingerprint density at radius 2 is 1.76 bits per heavy atom. The highest BCUT2D eigenvalue weighted by molar-refractivity contribution is 6.61. The third kappa shape index (κ3) is 6.93. The Labute approximate surface area is 222 Å². The summed E-state index contributed by atoms with van der Waals surface area (Å²) in [5.41, 5.74) is -0.734. The largest absolute Gasteiger partial charge is 0.498 e. The van der Waals surface area contributed by atoms with E-state index in [1.54, 1.807) is 33.2 Å². The topological polar surface area (TPSA) is 106 Å². The molecule has 3 rings (SSSR count). The Bertz CT molecular complexity index is 947. The van der Waals surface area contributed by atoms with Crippen LogP contribution in [-0.4, -0.2) is 83.0 Å². The van der Waals surface area contributed by atoms with Gasteiger partial charge in [-0.2, -0.15) is 0 Å². The maximum Gasteiger partial charge on any atom is 0.498 e. The molecule has 1 aromatic heterocycles. The number of ether oxygens (including phenoxy) is 1. The highest BCUT2D eigenvalue weighted by Crippen LogP contribution is 2.36. The number of hydrogen-bond donors (Lipinski definition) is 1. The van der Waals surface area contributed by atoms with E-state index in [-0.39, 0.29) is 17.9 Å². The molecule has 37 heavy (non-hydrogen) atoms. The molecule has 0 radical (unpaired) electrons. The molecule has 2 fully saturated rings. The summed E-state index contributed by atoms with van der Waals surface area (Å²) in [5.74, 6) is 0.394. The lowest BCUT2D eigenvalue weighted by molar-refractivity contribution is -0.135. The standard InChI is InChI=1S/C26H44BN5O5/c1-17(2)20(30-23(34)35-24(3,4)5)21(33)32-13-11-12-19(32)16-31(10)22-28-14-18(15-29-22)27-36-25(6,7)26(8,9)37-27/h14-15,17,19-20H,11-13,16H2,1-10H3,(H,30,34). The van der Waals surface area contributed by atoms with Crippen molar-refractivity contribution in [1.82, 2.24) is 20.2 Å². The number of amides is 2. The molecule has 2 aliphatic heterocycles. The van der Waals surface area contributed by atoms with Crippen molar-refractivity contribution in [3.05, 3.63) is 12.4 Å². The van der Waals surface area contributed by atoms with Crippen LogP contribution in [0.2, 0.25) is 0 Å². The van der Waals surface area contributed by atoms with Gasteiger partial charge in [-0.3, -0.25) is 4.79 Å². The molecule has 11 heteroatoms. The molecule has 1 N–H and O–H groups in total. The summed E-state index contributed by atoms with van der Waals surface area (Å²) >= 11 is 0. The molecule has 0 aliphatic carbocycles. The monoisotopic (exact) mass is 517 g/mol. The van der Waals surface area contributed by atoms with E-state index in [1.807, 2.05) is 58.4 Å². The van der Waals surface area contributed by atoms with Gasteiger partial charge in [0.15, 0.2) is 0 Å². The summed E-state index contributed by atoms with van der Waals surface area (Å²) in [6.07, 6.45) is 4.67. The van der Waals surface area contributed by atoms with Crippen LogP contribution < -0.4 is 15.7 Å². The Kier molecular flexibility index (Phi) is 8.49. The second-order valence-electron chi connectivity index (χ2n) is 12.5. The minimum atomic E-state index is -0.656. The molecule has 2 saturated heterocycles. The minimum Gasteiger partial charge on any atom is -0.444 e. The predicted octanol–water partition coefficient (Wildman–Crippen LogP) is 2.75.